The second-order valence-electron chi connectivity index (χ2n) is 5.66. The van der Waals surface area contributed by atoms with Gasteiger partial charge in [0.25, 0.3) is 0 Å². The van der Waals surface area contributed by atoms with Gasteiger partial charge in [0.2, 0.25) is 5.91 Å². The highest BCUT2D eigenvalue weighted by atomic mass is 16.6. The lowest BCUT2D eigenvalue weighted by Crippen LogP contribution is -2.53. The van der Waals surface area contributed by atoms with E-state index in [0.717, 1.165) is 5.69 Å². The summed E-state index contributed by atoms with van der Waals surface area (Å²) >= 11 is 0. The lowest BCUT2D eigenvalue weighted by molar-refractivity contribution is -0.121. The monoisotopic (exact) mass is 277 g/mol. The van der Waals surface area contributed by atoms with Crippen LogP contribution < -0.4 is 4.90 Å². The minimum absolute atomic E-state index is 0.0316. The van der Waals surface area contributed by atoms with Crippen molar-refractivity contribution >= 4 is 17.7 Å². The third-order valence-corrected chi connectivity index (χ3v) is 2.83. The topological polar surface area (TPSA) is 62.7 Å². The number of anilines is 1. The van der Waals surface area contributed by atoms with Gasteiger partial charge in [0.15, 0.2) is 0 Å². The smallest absolute Gasteiger partial charge is 0.410 e. The summed E-state index contributed by atoms with van der Waals surface area (Å²) in [5, 5.41) is 0. The van der Waals surface area contributed by atoms with Crippen molar-refractivity contribution in [3.63, 3.8) is 0 Å². The SMILES string of the molecule is CC(C)(C)OC(=O)N1CCN(c2cccnc2)C(=O)C1. The predicted molar refractivity (Wildman–Crippen MR) is 74.4 cm³/mol. The van der Waals surface area contributed by atoms with Crippen LogP contribution in [0, 0.1) is 0 Å². The Morgan fingerprint density at radius 2 is 2.10 bits per heavy atom. The number of ether oxygens (including phenoxy) is 1. The maximum absolute atomic E-state index is 12.1. The normalized spacial score (nSPS) is 16.2. The summed E-state index contributed by atoms with van der Waals surface area (Å²) in [6, 6.07) is 3.61. The Morgan fingerprint density at radius 1 is 1.35 bits per heavy atom. The molecule has 1 aromatic rings. The molecule has 0 aromatic carbocycles. The number of hydrogen-bond donors (Lipinski definition) is 0. The summed E-state index contributed by atoms with van der Waals surface area (Å²) in [5.74, 6) is -0.130. The van der Waals surface area contributed by atoms with E-state index in [0.29, 0.717) is 13.1 Å². The molecule has 1 saturated heterocycles. The fourth-order valence-electron chi connectivity index (χ4n) is 1.94. The van der Waals surface area contributed by atoms with Gasteiger partial charge in [0, 0.05) is 19.3 Å². The predicted octanol–water partition coefficient (Wildman–Crippen LogP) is 1.67. The maximum Gasteiger partial charge on any atom is 0.410 e. The summed E-state index contributed by atoms with van der Waals surface area (Å²) in [6.45, 7) is 6.35. The van der Waals surface area contributed by atoms with Crippen LogP contribution in [0.4, 0.5) is 10.5 Å². The average molecular weight is 277 g/mol. The van der Waals surface area contributed by atoms with Crippen LogP contribution in [-0.4, -0.2) is 47.1 Å². The number of rotatable bonds is 1. The Kier molecular flexibility index (Phi) is 3.92. The van der Waals surface area contributed by atoms with Crippen LogP contribution in [0.1, 0.15) is 20.8 Å². The third-order valence-electron chi connectivity index (χ3n) is 2.83. The van der Waals surface area contributed by atoms with Crippen molar-refractivity contribution in [1.29, 1.82) is 0 Å². The summed E-state index contributed by atoms with van der Waals surface area (Å²) in [7, 11) is 0. The van der Waals surface area contributed by atoms with E-state index in [1.165, 1.54) is 4.90 Å². The van der Waals surface area contributed by atoms with Gasteiger partial charge in [-0.1, -0.05) is 0 Å². The number of aromatic nitrogens is 1. The molecule has 0 unspecified atom stereocenters. The second-order valence-corrected chi connectivity index (χ2v) is 5.66. The van der Waals surface area contributed by atoms with Crippen LogP contribution in [-0.2, 0) is 9.53 Å². The van der Waals surface area contributed by atoms with E-state index < -0.39 is 11.7 Å². The molecule has 1 aliphatic rings. The minimum Gasteiger partial charge on any atom is -0.444 e. The highest BCUT2D eigenvalue weighted by molar-refractivity contribution is 5.97. The Morgan fingerprint density at radius 3 is 2.65 bits per heavy atom. The van der Waals surface area contributed by atoms with Crippen molar-refractivity contribution in [2.24, 2.45) is 0 Å². The van der Waals surface area contributed by atoms with Crippen LogP contribution >= 0.6 is 0 Å². The van der Waals surface area contributed by atoms with E-state index in [4.69, 9.17) is 4.74 Å². The Hall–Kier alpha value is -2.11. The molecule has 0 saturated carbocycles. The maximum atomic E-state index is 12.1. The molecule has 0 bridgehead atoms. The molecule has 108 valence electrons. The quantitative estimate of drug-likeness (QED) is 0.783. The Bertz CT molecular complexity index is 496. The molecule has 1 aliphatic heterocycles. The van der Waals surface area contributed by atoms with Crippen molar-refractivity contribution in [1.82, 2.24) is 9.88 Å². The number of amides is 2. The summed E-state index contributed by atoms with van der Waals surface area (Å²) < 4.78 is 5.27. The van der Waals surface area contributed by atoms with E-state index in [9.17, 15) is 9.59 Å². The van der Waals surface area contributed by atoms with Gasteiger partial charge in [-0.3, -0.25) is 14.7 Å². The second kappa shape index (κ2) is 5.48. The van der Waals surface area contributed by atoms with Crippen LogP contribution in [0.2, 0.25) is 0 Å². The Labute approximate surface area is 118 Å². The first-order valence-corrected chi connectivity index (χ1v) is 6.55. The summed E-state index contributed by atoms with van der Waals surface area (Å²) in [6.07, 6.45) is 2.85. The number of carbonyl (C=O) groups excluding carboxylic acids is 2. The molecule has 0 atom stereocenters. The van der Waals surface area contributed by atoms with Crippen LogP contribution in [0.5, 0.6) is 0 Å². The van der Waals surface area contributed by atoms with Crippen LogP contribution in [0.25, 0.3) is 0 Å². The third kappa shape index (κ3) is 3.46. The molecule has 0 N–H and O–H groups in total. The standard InChI is InChI=1S/C14H19N3O3/c1-14(2,3)20-13(19)16-7-8-17(12(18)10-16)11-5-4-6-15-9-11/h4-6,9H,7-8,10H2,1-3H3. The first-order chi connectivity index (χ1) is 9.37. The molecule has 20 heavy (non-hydrogen) atoms. The molecule has 0 spiro atoms. The average Bonchev–Trinajstić information content (AvgIpc) is 2.37. The first-order valence-electron chi connectivity index (χ1n) is 6.55. The molecule has 6 heteroatoms. The number of piperazine rings is 1. The van der Waals surface area contributed by atoms with Gasteiger partial charge in [-0.25, -0.2) is 4.79 Å². The number of nitrogens with zero attached hydrogens (tertiary/aromatic N) is 3. The lowest BCUT2D eigenvalue weighted by Gasteiger charge is -2.35. The fourth-order valence-corrected chi connectivity index (χ4v) is 1.94. The van der Waals surface area contributed by atoms with E-state index >= 15 is 0 Å². The zero-order valence-corrected chi connectivity index (χ0v) is 12.0. The highest BCUT2D eigenvalue weighted by Crippen LogP contribution is 2.17. The largest absolute Gasteiger partial charge is 0.444 e. The van der Waals surface area contributed by atoms with Gasteiger partial charge in [-0.15, -0.1) is 0 Å². The molecule has 2 rings (SSSR count). The molecule has 2 amide bonds. The highest BCUT2D eigenvalue weighted by Gasteiger charge is 2.30. The fraction of sp³-hybridized carbons (Fsp3) is 0.500. The summed E-state index contributed by atoms with van der Waals surface area (Å²) in [5.41, 5.74) is 0.196. The van der Waals surface area contributed by atoms with Crippen molar-refractivity contribution < 1.29 is 14.3 Å². The van der Waals surface area contributed by atoms with Gasteiger partial charge in [0.05, 0.1) is 11.9 Å². The molecule has 2 heterocycles. The van der Waals surface area contributed by atoms with Gasteiger partial charge in [-0.05, 0) is 32.9 Å². The number of pyridine rings is 1. The van der Waals surface area contributed by atoms with Crippen LogP contribution in [0.15, 0.2) is 24.5 Å². The molecule has 1 fully saturated rings. The van der Waals surface area contributed by atoms with Crippen molar-refractivity contribution in [2.45, 2.75) is 26.4 Å². The van der Waals surface area contributed by atoms with Crippen LogP contribution in [0.3, 0.4) is 0 Å². The van der Waals surface area contributed by atoms with Gasteiger partial charge in [0.1, 0.15) is 12.1 Å². The molecule has 1 aromatic heterocycles. The van der Waals surface area contributed by atoms with Crippen molar-refractivity contribution in [3.05, 3.63) is 24.5 Å². The molecule has 0 aliphatic carbocycles. The van der Waals surface area contributed by atoms with E-state index in [1.807, 2.05) is 6.07 Å². The van der Waals surface area contributed by atoms with Gasteiger partial charge >= 0.3 is 6.09 Å². The first kappa shape index (κ1) is 14.3. The van der Waals surface area contributed by atoms with E-state index in [-0.39, 0.29) is 12.5 Å². The molecular weight excluding hydrogens is 258 g/mol. The van der Waals surface area contributed by atoms with E-state index in [2.05, 4.69) is 4.98 Å². The number of carbonyl (C=O) groups is 2. The molecular formula is C14H19N3O3. The Balaban J connectivity index is 1.99. The minimum atomic E-state index is -0.555. The lowest BCUT2D eigenvalue weighted by atomic mass is 10.2. The molecule has 6 nitrogen and oxygen atoms in total. The van der Waals surface area contributed by atoms with E-state index in [1.54, 1.807) is 44.1 Å². The van der Waals surface area contributed by atoms with Gasteiger partial charge in [-0.2, -0.15) is 0 Å². The molecule has 0 radical (unpaired) electrons. The summed E-state index contributed by atoms with van der Waals surface area (Å²) in [4.78, 5) is 31.1. The number of hydrogen-bond acceptors (Lipinski definition) is 4. The zero-order valence-electron chi connectivity index (χ0n) is 12.0. The van der Waals surface area contributed by atoms with Gasteiger partial charge < -0.3 is 9.64 Å². The zero-order chi connectivity index (χ0) is 14.8. The van der Waals surface area contributed by atoms with Crippen molar-refractivity contribution in [3.8, 4) is 0 Å². The van der Waals surface area contributed by atoms with Crippen molar-refractivity contribution in [2.75, 3.05) is 24.5 Å².